The van der Waals surface area contributed by atoms with Crippen LogP contribution in [0.4, 0.5) is 0 Å². The van der Waals surface area contributed by atoms with Gasteiger partial charge < -0.3 is 10.2 Å². The van der Waals surface area contributed by atoms with Gasteiger partial charge in [0.2, 0.25) is 0 Å². The number of carbonyl (C=O) groups excluding carboxylic acids is 1. The highest BCUT2D eigenvalue weighted by Gasteiger charge is 2.30. The quantitative estimate of drug-likeness (QED) is 0.929. The minimum absolute atomic E-state index is 0.0589. The van der Waals surface area contributed by atoms with Gasteiger partial charge >= 0.3 is 0 Å². The molecule has 0 saturated carbocycles. The predicted molar refractivity (Wildman–Crippen MR) is 85.1 cm³/mol. The molecule has 22 heavy (non-hydrogen) atoms. The van der Waals surface area contributed by atoms with Crippen molar-refractivity contribution in [3.8, 4) is 0 Å². The van der Waals surface area contributed by atoms with Gasteiger partial charge in [0.15, 0.2) is 5.65 Å². The van der Waals surface area contributed by atoms with E-state index in [2.05, 4.69) is 15.4 Å². The second kappa shape index (κ2) is 5.68. The van der Waals surface area contributed by atoms with Crippen LogP contribution in [-0.2, 0) is 0 Å². The SMILES string of the molecule is CNCC1CCN(C(=O)c2c(C)nn3c(C)cc(C)nc23)C1. The van der Waals surface area contributed by atoms with E-state index < -0.39 is 0 Å². The molecule has 1 aliphatic rings. The maximum absolute atomic E-state index is 12.9. The zero-order chi connectivity index (χ0) is 15.9. The summed E-state index contributed by atoms with van der Waals surface area (Å²) in [7, 11) is 1.95. The van der Waals surface area contributed by atoms with Crippen LogP contribution in [0.25, 0.3) is 5.65 Å². The molecule has 0 aliphatic carbocycles. The molecule has 1 atom stereocenters. The highest BCUT2D eigenvalue weighted by Crippen LogP contribution is 2.22. The molecule has 6 heteroatoms. The van der Waals surface area contributed by atoms with E-state index in [1.807, 2.05) is 38.8 Å². The van der Waals surface area contributed by atoms with Crippen molar-refractivity contribution in [1.29, 1.82) is 0 Å². The summed E-state index contributed by atoms with van der Waals surface area (Å²) in [5.41, 5.74) is 3.99. The topological polar surface area (TPSA) is 62.5 Å². The highest BCUT2D eigenvalue weighted by atomic mass is 16.2. The molecule has 0 bridgehead atoms. The van der Waals surface area contributed by atoms with Gasteiger partial charge in [-0.1, -0.05) is 0 Å². The second-order valence-electron chi connectivity index (χ2n) is 6.20. The van der Waals surface area contributed by atoms with E-state index in [-0.39, 0.29) is 5.91 Å². The summed E-state index contributed by atoms with van der Waals surface area (Å²) in [6.07, 6.45) is 1.05. The molecular formula is C16H23N5O. The third-order valence-electron chi connectivity index (χ3n) is 4.35. The molecule has 3 heterocycles. The fourth-order valence-electron chi connectivity index (χ4n) is 3.31. The fraction of sp³-hybridized carbons (Fsp3) is 0.562. The largest absolute Gasteiger partial charge is 0.338 e. The monoisotopic (exact) mass is 301 g/mol. The number of nitrogens with zero attached hydrogens (tertiary/aromatic N) is 4. The number of fused-ring (bicyclic) bond motifs is 1. The van der Waals surface area contributed by atoms with Crippen LogP contribution < -0.4 is 5.32 Å². The van der Waals surface area contributed by atoms with Gasteiger partial charge in [0.05, 0.1) is 5.69 Å². The van der Waals surface area contributed by atoms with Crippen LogP contribution >= 0.6 is 0 Å². The molecule has 2 aromatic rings. The smallest absolute Gasteiger partial charge is 0.259 e. The van der Waals surface area contributed by atoms with Gasteiger partial charge in [-0.3, -0.25) is 4.79 Å². The van der Waals surface area contributed by atoms with Gasteiger partial charge in [0.1, 0.15) is 5.56 Å². The average Bonchev–Trinajstić information content (AvgIpc) is 3.03. The molecule has 1 N–H and O–H groups in total. The summed E-state index contributed by atoms with van der Waals surface area (Å²) < 4.78 is 1.77. The molecule has 1 fully saturated rings. The number of aryl methyl sites for hydroxylation is 3. The number of nitrogens with one attached hydrogen (secondary N) is 1. The molecule has 118 valence electrons. The van der Waals surface area contributed by atoms with Crippen molar-refractivity contribution in [2.24, 2.45) is 5.92 Å². The van der Waals surface area contributed by atoms with Gasteiger partial charge in [0.25, 0.3) is 5.91 Å². The van der Waals surface area contributed by atoms with Crippen molar-refractivity contribution in [2.45, 2.75) is 27.2 Å². The Morgan fingerprint density at radius 3 is 2.91 bits per heavy atom. The first kappa shape index (κ1) is 15.0. The summed E-state index contributed by atoms with van der Waals surface area (Å²) in [5, 5.41) is 7.69. The van der Waals surface area contributed by atoms with Crippen molar-refractivity contribution in [1.82, 2.24) is 24.8 Å². The second-order valence-corrected chi connectivity index (χ2v) is 6.20. The van der Waals surface area contributed by atoms with Gasteiger partial charge in [-0.25, -0.2) is 9.50 Å². The Morgan fingerprint density at radius 1 is 1.41 bits per heavy atom. The van der Waals surface area contributed by atoms with Crippen molar-refractivity contribution in [3.63, 3.8) is 0 Å². The first-order valence-corrected chi connectivity index (χ1v) is 7.78. The molecule has 0 aromatic carbocycles. The molecule has 2 aromatic heterocycles. The van der Waals surface area contributed by atoms with Crippen molar-refractivity contribution in [3.05, 3.63) is 28.7 Å². The lowest BCUT2D eigenvalue weighted by Crippen LogP contribution is -2.30. The lowest BCUT2D eigenvalue weighted by atomic mass is 10.1. The lowest BCUT2D eigenvalue weighted by Gasteiger charge is -2.16. The average molecular weight is 301 g/mol. The molecule has 6 nitrogen and oxygen atoms in total. The predicted octanol–water partition coefficient (Wildman–Crippen LogP) is 1.34. The van der Waals surface area contributed by atoms with Gasteiger partial charge in [-0.2, -0.15) is 5.10 Å². The van der Waals surface area contributed by atoms with Crippen LogP contribution in [-0.4, -0.2) is 52.1 Å². The molecule has 3 rings (SSSR count). The van der Waals surface area contributed by atoms with E-state index in [0.29, 0.717) is 17.1 Å². The van der Waals surface area contributed by atoms with Gasteiger partial charge in [0, 0.05) is 24.5 Å². The van der Waals surface area contributed by atoms with Gasteiger partial charge in [-0.05, 0) is 52.8 Å². The van der Waals surface area contributed by atoms with Crippen LogP contribution in [0.15, 0.2) is 6.07 Å². The zero-order valence-electron chi connectivity index (χ0n) is 13.7. The molecular weight excluding hydrogens is 278 g/mol. The number of hydrogen-bond donors (Lipinski definition) is 1. The molecule has 0 radical (unpaired) electrons. The maximum atomic E-state index is 12.9. The first-order valence-electron chi connectivity index (χ1n) is 7.78. The van der Waals surface area contributed by atoms with E-state index in [9.17, 15) is 4.79 Å². The molecule has 1 unspecified atom stereocenters. The standard InChI is InChI=1S/C16H23N5O/c1-10-7-11(2)21-15(18-10)14(12(3)19-21)16(22)20-6-5-13(9-20)8-17-4/h7,13,17H,5-6,8-9H2,1-4H3. The minimum Gasteiger partial charge on any atom is -0.338 e. The van der Waals surface area contributed by atoms with E-state index in [1.54, 1.807) is 4.52 Å². The van der Waals surface area contributed by atoms with E-state index in [0.717, 1.165) is 43.1 Å². The minimum atomic E-state index is 0.0589. The van der Waals surface area contributed by atoms with Gasteiger partial charge in [-0.15, -0.1) is 0 Å². The normalized spacial score (nSPS) is 18.4. The summed E-state index contributed by atoms with van der Waals surface area (Å²) in [4.78, 5) is 19.4. The van der Waals surface area contributed by atoms with E-state index in [4.69, 9.17) is 0 Å². The Labute approximate surface area is 130 Å². The summed E-state index contributed by atoms with van der Waals surface area (Å²) in [6.45, 7) is 8.39. The van der Waals surface area contributed by atoms with Crippen LogP contribution in [0, 0.1) is 26.7 Å². The lowest BCUT2D eigenvalue weighted by molar-refractivity contribution is 0.0788. The van der Waals surface area contributed by atoms with E-state index >= 15 is 0 Å². The zero-order valence-corrected chi connectivity index (χ0v) is 13.7. The van der Waals surface area contributed by atoms with Crippen LogP contribution in [0.3, 0.4) is 0 Å². The molecule has 0 spiro atoms. The van der Waals surface area contributed by atoms with Crippen molar-refractivity contribution in [2.75, 3.05) is 26.7 Å². The number of carbonyl (C=O) groups is 1. The third kappa shape index (κ3) is 2.47. The molecule has 1 amide bonds. The maximum Gasteiger partial charge on any atom is 0.259 e. The number of aromatic nitrogens is 3. The molecule has 1 aliphatic heterocycles. The number of hydrogen-bond acceptors (Lipinski definition) is 4. The number of likely N-dealkylation sites (tertiary alicyclic amines) is 1. The van der Waals surface area contributed by atoms with Crippen LogP contribution in [0.1, 0.15) is 33.9 Å². The Kier molecular flexibility index (Phi) is 3.87. The summed E-state index contributed by atoms with van der Waals surface area (Å²) in [5.74, 6) is 0.594. The number of rotatable bonds is 3. The first-order chi connectivity index (χ1) is 10.5. The highest BCUT2D eigenvalue weighted by molar-refractivity contribution is 6.01. The van der Waals surface area contributed by atoms with Crippen LogP contribution in [0.5, 0.6) is 0 Å². The van der Waals surface area contributed by atoms with Crippen molar-refractivity contribution >= 4 is 11.6 Å². The van der Waals surface area contributed by atoms with Crippen LogP contribution in [0.2, 0.25) is 0 Å². The van der Waals surface area contributed by atoms with Crippen molar-refractivity contribution < 1.29 is 4.79 Å². The Hall–Kier alpha value is -1.95. The Bertz CT molecular complexity index is 721. The van der Waals surface area contributed by atoms with E-state index in [1.165, 1.54) is 0 Å². The number of amides is 1. The summed E-state index contributed by atoms with van der Waals surface area (Å²) in [6, 6.07) is 1.98. The fourth-order valence-corrected chi connectivity index (χ4v) is 3.31. The Balaban J connectivity index is 1.96. The third-order valence-corrected chi connectivity index (χ3v) is 4.35. The molecule has 1 saturated heterocycles. The Morgan fingerprint density at radius 2 is 2.18 bits per heavy atom. The summed E-state index contributed by atoms with van der Waals surface area (Å²) >= 11 is 0.